The van der Waals surface area contributed by atoms with E-state index in [0.717, 1.165) is 12.1 Å². The molecule has 8 heteroatoms. The molecule has 28 heavy (non-hydrogen) atoms. The molecule has 0 aliphatic rings. The zero-order chi connectivity index (χ0) is 20.1. The highest BCUT2D eigenvalue weighted by molar-refractivity contribution is 6.03. The van der Waals surface area contributed by atoms with Gasteiger partial charge in [-0.15, -0.1) is 0 Å². The lowest BCUT2D eigenvalue weighted by molar-refractivity contribution is 0.0600. The summed E-state index contributed by atoms with van der Waals surface area (Å²) in [6.45, 7) is 0. The van der Waals surface area contributed by atoms with Crippen LogP contribution in [0, 0.1) is 11.6 Å². The highest BCUT2D eigenvalue weighted by atomic mass is 19.2. The predicted octanol–water partition coefficient (Wildman–Crippen LogP) is 4.14. The van der Waals surface area contributed by atoms with E-state index in [0.29, 0.717) is 16.9 Å². The van der Waals surface area contributed by atoms with Gasteiger partial charge in [0.15, 0.2) is 11.6 Å². The molecule has 0 bridgehead atoms. The molecular weight excluding hydrogens is 368 g/mol. The number of nitrogens with one attached hydrogen (secondary N) is 2. The van der Waals surface area contributed by atoms with Crippen LogP contribution in [-0.4, -0.2) is 24.0 Å². The molecule has 0 aliphatic heterocycles. The van der Waals surface area contributed by atoms with Crippen LogP contribution in [0.4, 0.5) is 25.8 Å². The fourth-order valence-electron chi connectivity index (χ4n) is 2.38. The Morgan fingerprint density at radius 3 is 2.39 bits per heavy atom. The van der Waals surface area contributed by atoms with Crippen molar-refractivity contribution in [3.05, 3.63) is 83.7 Å². The molecule has 3 rings (SSSR count). The number of ether oxygens (including phenoxy) is 1. The highest BCUT2D eigenvalue weighted by Gasteiger charge is 2.10. The van der Waals surface area contributed by atoms with E-state index in [-0.39, 0.29) is 11.4 Å². The van der Waals surface area contributed by atoms with E-state index < -0.39 is 23.5 Å². The number of amides is 1. The number of rotatable bonds is 5. The second-order valence-electron chi connectivity index (χ2n) is 5.71. The molecule has 1 aromatic heterocycles. The maximum Gasteiger partial charge on any atom is 0.337 e. The van der Waals surface area contributed by atoms with E-state index in [4.69, 9.17) is 0 Å². The molecule has 0 unspecified atom stereocenters. The van der Waals surface area contributed by atoms with Gasteiger partial charge in [-0.25, -0.2) is 18.6 Å². The summed E-state index contributed by atoms with van der Waals surface area (Å²) in [4.78, 5) is 27.8. The Hall–Kier alpha value is -3.81. The molecule has 3 aromatic rings. The summed E-state index contributed by atoms with van der Waals surface area (Å²) in [5.41, 5.74) is 1.84. The first kappa shape index (κ1) is 19.0. The van der Waals surface area contributed by atoms with Crippen molar-refractivity contribution in [2.45, 2.75) is 0 Å². The number of benzene rings is 2. The van der Waals surface area contributed by atoms with Gasteiger partial charge in [0.25, 0.3) is 5.91 Å². The van der Waals surface area contributed by atoms with Gasteiger partial charge in [-0.2, -0.15) is 0 Å². The lowest BCUT2D eigenvalue weighted by Crippen LogP contribution is -2.13. The van der Waals surface area contributed by atoms with Crippen LogP contribution in [0.15, 0.2) is 60.8 Å². The summed E-state index contributed by atoms with van der Waals surface area (Å²) in [7, 11) is 1.30. The van der Waals surface area contributed by atoms with Crippen molar-refractivity contribution in [2.24, 2.45) is 0 Å². The molecule has 1 amide bonds. The minimum absolute atomic E-state index is 0.0959. The van der Waals surface area contributed by atoms with E-state index in [2.05, 4.69) is 20.4 Å². The van der Waals surface area contributed by atoms with E-state index in [1.807, 2.05) is 0 Å². The standard InChI is InChI=1S/C20H15F2N3O3/c1-28-20(27)12-3-2-4-13(9-12)24-15-6-8-18(23-11-15)19(26)25-14-5-7-16(21)17(22)10-14/h2-11,24H,1H3,(H,25,26). The fourth-order valence-corrected chi connectivity index (χ4v) is 2.38. The Bertz CT molecular complexity index is 1020. The lowest BCUT2D eigenvalue weighted by atomic mass is 10.2. The van der Waals surface area contributed by atoms with Crippen molar-refractivity contribution in [1.82, 2.24) is 4.98 Å². The zero-order valence-electron chi connectivity index (χ0n) is 14.7. The molecule has 0 spiro atoms. The molecule has 0 saturated heterocycles. The number of carbonyl (C=O) groups excluding carboxylic acids is 2. The number of pyridine rings is 1. The summed E-state index contributed by atoms with van der Waals surface area (Å²) < 4.78 is 30.8. The molecular formula is C20H15F2N3O3. The molecule has 0 saturated carbocycles. The number of aromatic nitrogens is 1. The number of methoxy groups -OCH3 is 1. The molecule has 0 fully saturated rings. The molecule has 0 aliphatic carbocycles. The normalized spacial score (nSPS) is 10.2. The number of esters is 1. The summed E-state index contributed by atoms with van der Waals surface area (Å²) in [5.74, 6) is -3.07. The van der Waals surface area contributed by atoms with Crippen molar-refractivity contribution in [3.63, 3.8) is 0 Å². The number of hydrogen-bond acceptors (Lipinski definition) is 5. The van der Waals surface area contributed by atoms with Crippen LogP contribution in [0.2, 0.25) is 0 Å². The van der Waals surface area contributed by atoms with Gasteiger partial charge in [-0.05, 0) is 42.5 Å². The van der Waals surface area contributed by atoms with Crippen LogP contribution in [-0.2, 0) is 4.74 Å². The second-order valence-corrected chi connectivity index (χ2v) is 5.71. The maximum atomic E-state index is 13.2. The van der Waals surface area contributed by atoms with Crippen molar-refractivity contribution in [2.75, 3.05) is 17.7 Å². The van der Waals surface area contributed by atoms with Crippen molar-refractivity contribution in [3.8, 4) is 0 Å². The quantitative estimate of drug-likeness (QED) is 0.647. The first-order chi connectivity index (χ1) is 13.5. The minimum Gasteiger partial charge on any atom is -0.465 e. The van der Waals surface area contributed by atoms with Crippen molar-refractivity contribution in [1.29, 1.82) is 0 Å². The molecule has 0 atom stereocenters. The summed E-state index contributed by atoms with van der Waals surface area (Å²) in [6.07, 6.45) is 1.44. The Morgan fingerprint density at radius 1 is 0.929 bits per heavy atom. The third-order valence-corrected chi connectivity index (χ3v) is 3.75. The maximum absolute atomic E-state index is 13.2. The van der Waals surface area contributed by atoms with E-state index >= 15 is 0 Å². The van der Waals surface area contributed by atoms with Crippen molar-refractivity contribution >= 4 is 28.9 Å². The van der Waals surface area contributed by atoms with Gasteiger partial charge >= 0.3 is 5.97 Å². The van der Waals surface area contributed by atoms with Gasteiger partial charge in [0, 0.05) is 17.4 Å². The summed E-state index contributed by atoms with van der Waals surface area (Å²) in [6, 6.07) is 12.9. The first-order valence-corrected chi connectivity index (χ1v) is 8.14. The number of carbonyl (C=O) groups is 2. The fraction of sp³-hybridized carbons (Fsp3) is 0.0500. The number of hydrogen-bond donors (Lipinski definition) is 2. The van der Waals surface area contributed by atoms with Crippen LogP contribution in [0.3, 0.4) is 0 Å². The van der Waals surface area contributed by atoms with Crippen LogP contribution in [0.1, 0.15) is 20.8 Å². The Morgan fingerprint density at radius 2 is 1.71 bits per heavy atom. The van der Waals surface area contributed by atoms with Gasteiger partial charge in [0.1, 0.15) is 5.69 Å². The third-order valence-electron chi connectivity index (χ3n) is 3.75. The van der Waals surface area contributed by atoms with Crippen LogP contribution in [0.5, 0.6) is 0 Å². The third kappa shape index (κ3) is 4.47. The topological polar surface area (TPSA) is 80.3 Å². The monoisotopic (exact) mass is 383 g/mol. The van der Waals surface area contributed by atoms with Crippen LogP contribution in [0.25, 0.3) is 0 Å². The van der Waals surface area contributed by atoms with E-state index in [1.165, 1.54) is 25.4 Å². The molecule has 6 nitrogen and oxygen atoms in total. The zero-order valence-corrected chi connectivity index (χ0v) is 14.7. The summed E-state index contributed by atoms with van der Waals surface area (Å²) in [5, 5.41) is 5.50. The molecule has 142 valence electrons. The lowest BCUT2D eigenvalue weighted by Gasteiger charge is -2.09. The van der Waals surface area contributed by atoms with Gasteiger partial charge in [0.2, 0.25) is 0 Å². The molecule has 1 heterocycles. The van der Waals surface area contributed by atoms with Crippen LogP contribution < -0.4 is 10.6 Å². The Balaban J connectivity index is 1.68. The van der Waals surface area contributed by atoms with Gasteiger partial charge in [-0.3, -0.25) is 4.79 Å². The smallest absolute Gasteiger partial charge is 0.337 e. The van der Waals surface area contributed by atoms with Gasteiger partial charge in [-0.1, -0.05) is 6.07 Å². The number of anilines is 3. The SMILES string of the molecule is COC(=O)c1cccc(Nc2ccc(C(=O)Nc3ccc(F)c(F)c3)nc2)c1. The van der Waals surface area contributed by atoms with E-state index in [9.17, 15) is 18.4 Å². The first-order valence-electron chi connectivity index (χ1n) is 8.14. The Kier molecular flexibility index (Phi) is 5.59. The average molecular weight is 383 g/mol. The van der Waals surface area contributed by atoms with E-state index in [1.54, 1.807) is 30.3 Å². The second kappa shape index (κ2) is 8.26. The average Bonchev–Trinajstić information content (AvgIpc) is 2.71. The Labute approximate surface area is 159 Å². The highest BCUT2D eigenvalue weighted by Crippen LogP contribution is 2.19. The van der Waals surface area contributed by atoms with Crippen LogP contribution >= 0.6 is 0 Å². The molecule has 2 aromatic carbocycles. The van der Waals surface area contributed by atoms with Gasteiger partial charge in [0.05, 0.1) is 24.6 Å². The molecule has 0 radical (unpaired) electrons. The van der Waals surface area contributed by atoms with Gasteiger partial charge < -0.3 is 15.4 Å². The molecule has 2 N–H and O–H groups in total. The predicted molar refractivity (Wildman–Crippen MR) is 99.6 cm³/mol. The number of halogens is 2. The van der Waals surface area contributed by atoms with Crippen molar-refractivity contribution < 1.29 is 23.1 Å². The minimum atomic E-state index is -1.06. The number of nitrogens with zero attached hydrogens (tertiary/aromatic N) is 1. The summed E-state index contributed by atoms with van der Waals surface area (Å²) >= 11 is 0. The largest absolute Gasteiger partial charge is 0.465 e.